The first-order chi connectivity index (χ1) is 6.79. The van der Waals surface area contributed by atoms with Gasteiger partial charge in [0, 0.05) is 10.9 Å². The van der Waals surface area contributed by atoms with Crippen molar-refractivity contribution in [3.63, 3.8) is 0 Å². The summed E-state index contributed by atoms with van der Waals surface area (Å²) in [6, 6.07) is 2.96. The van der Waals surface area contributed by atoms with Gasteiger partial charge in [-0.1, -0.05) is 13.3 Å². The Balaban J connectivity index is 2.04. The zero-order valence-electron chi connectivity index (χ0n) is 9.05. The second-order valence-electron chi connectivity index (χ2n) is 4.30. The van der Waals surface area contributed by atoms with Gasteiger partial charge in [-0.05, 0) is 49.2 Å². The molecule has 0 bridgehead atoms. The van der Waals surface area contributed by atoms with Gasteiger partial charge in [-0.3, -0.25) is 0 Å². The fraction of sp³-hybridized carbons (Fsp3) is 0.667. The molecule has 2 heteroatoms. The molecule has 1 aliphatic rings. The van der Waals surface area contributed by atoms with E-state index in [0.29, 0.717) is 6.04 Å². The molecule has 2 rings (SSSR count). The molecule has 1 N–H and O–H groups in total. The van der Waals surface area contributed by atoms with Crippen LogP contribution in [0.2, 0.25) is 0 Å². The Kier molecular flexibility index (Phi) is 3.24. The Bertz CT molecular complexity index is 292. The molecule has 0 aliphatic carbocycles. The minimum absolute atomic E-state index is 0.624. The number of nitrogens with one attached hydrogen (secondary N) is 1. The molecule has 1 aromatic rings. The quantitative estimate of drug-likeness (QED) is 0.786. The van der Waals surface area contributed by atoms with Crippen LogP contribution < -0.4 is 5.32 Å². The number of hydrogen-bond acceptors (Lipinski definition) is 2. The molecule has 1 fully saturated rings. The van der Waals surface area contributed by atoms with Crippen molar-refractivity contribution in [1.82, 2.24) is 5.32 Å². The summed E-state index contributed by atoms with van der Waals surface area (Å²) < 4.78 is 0. The fourth-order valence-corrected chi connectivity index (χ4v) is 3.03. The van der Waals surface area contributed by atoms with E-state index in [9.17, 15) is 0 Å². The van der Waals surface area contributed by atoms with Crippen molar-refractivity contribution < 1.29 is 0 Å². The zero-order valence-corrected chi connectivity index (χ0v) is 9.86. The second kappa shape index (κ2) is 4.45. The van der Waals surface area contributed by atoms with E-state index in [4.69, 9.17) is 0 Å². The Morgan fingerprint density at radius 1 is 1.57 bits per heavy atom. The number of piperidine rings is 1. The van der Waals surface area contributed by atoms with Crippen LogP contribution in [0.1, 0.15) is 42.7 Å². The highest BCUT2D eigenvalue weighted by molar-refractivity contribution is 7.10. The molecule has 0 saturated carbocycles. The summed E-state index contributed by atoms with van der Waals surface area (Å²) >= 11 is 1.87. The van der Waals surface area contributed by atoms with E-state index in [-0.39, 0.29) is 0 Å². The molecule has 0 aromatic carbocycles. The smallest absolute Gasteiger partial charge is 0.0331 e. The van der Waals surface area contributed by atoms with E-state index < -0.39 is 0 Å². The molecule has 0 spiro atoms. The zero-order chi connectivity index (χ0) is 9.97. The van der Waals surface area contributed by atoms with Crippen molar-refractivity contribution in [3.8, 4) is 0 Å². The summed E-state index contributed by atoms with van der Waals surface area (Å²) in [5, 5.41) is 5.93. The predicted molar refractivity (Wildman–Crippen MR) is 62.8 cm³/mol. The van der Waals surface area contributed by atoms with Crippen LogP contribution in [-0.2, 0) is 0 Å². The molecule has 0 amide bonds. The molecule has 2 heterocycles. The maximum Gasteiger partial charge on any atom is 0.0331 e. The third-order valence-corrected chi connectivity index (χ3v) is 4.12. The Hall–Kier alpha value is -0.340. The van der Waals surface area contributed by atoms with E-state index in [2.05, 4.69) is 30.6 Å². The molecule has 14 heavy (non-hydrogen) atoms. The van der Waals surface area contributed by atoms with Crippen LogP contribution in [0.15, 0.2) is 11.4 Å². The lowest BCUT2D eigenvalue weighted by Gasteiger charge is -2.29. The molecule has 78 valence electrons. The van der Waals surface area contributed by atoms with Crippen molar-refractivity contribution in [2.24, 2.45) is 5.92 Å². The molecular formula is C12H19NS. The van der Waals surface area contributed by atoms with Crippen LogP contribution in [0.4, 0.5) is 0 Å². The lowest BCUT2D eigenvalue weighted by molar-refractivity contribution is 0.299. The minimum Gasteiger partial charge on any atom is -0.310 e. The molecule has 2 atom stereocenters. The van der Waals surface area contributed by atoms with Crippen molar-refractivity contribution in [3.05, 3.63) is 21.9 Å². The Labute approximate surface area is 90.5 Å². The third kappa shape index (κ3) is 2.18. The minimum atomic E-state index is 0.624. The highest BCUT2D eigenvalue weighted by atomic mass is 32.1. The summed E-state index contributed by atoms with van der Waals surface area (Å²) in [5.74, 6) is 0.932. The van der Waals surface area contributed by atoms with E-state index >= 15 is 0 Å². The summed E-state index contributed by atoms with van der Waals surface area (Å²) in [6.07, 6.45) is 4.02. The number of aryl methyl sites for hydroxylation is 1. The number of thiophene rings is 1. The van der Waals surface area contributed by atoms with Gasteiger partial charge in [0.1, 0.15) is 0 Å². The number of hydrogen-bond donors (Lipinski definition) is 1. The van der Waals surface area contributed by atoms with Gasteiger partial charge in [-0.15, -0.1) is 11.3 Å². The average Bonchev–Trinajstić information content (AvgIpc) is 2.65. The van der Waals surface area contributed by atoms with Gasteiger partial charge in [-0.2, -0.15) is 0 Å². The van der Waals surface area contributed by atoms with E-state index in [1.807, 2.05) is 11.3 Å². The van der Waals surface area contributed by atoms with Gasteiger partial charge in [0.15, 0.2) is 0 Å². The van der Waals surface area contributed by atoms with Crippen LogP contribution in [0, 0.1) is 12.8 Å². The summed E-state index contributed by atoms with van der Waals surface area (Å²) in [7, 11) is 0. The van der Waals surface area contributed by atoms with Crippen molar-refractivity contribution in [1.29, 1.82) is 0 Å². The van der Waals surface area contributed by atoms with Crippen LogP contribution in [0.25, 0.3) is 0 Å². The maximum atomic E-state index is 3.62. The standard InChI is InChI=1S/C12H19NS/c1-3-10-4-5-13-12(7-10)11-6-9(2)14-8-11/h6,8,10,12-13H,3-5,7H2,1-2H3. The van der Waals surface area contributed by atoms with E-state index in [1.165, 1.54) is 36.2 Å². The fourth-order valence-electron chi connectivity index (χ4n) is 2.27. The Morgan fingerprint density at radius 2 is 2.43 bits per heavy atom. The maximum absolute atomic E-state index is 3.62. The first-order valence-electron chi connectivity index (χ1n) is 5.58. The second-order valence-corrected chi connectivity index (χ2v) is 5.41. The van der Waals surface area contributed by atoms with Gasteiger partial charge in [0.2, 0.25) is 0 Å². The van der Waals surface area contributed by atoms with Gasteiger partial charge in [0.05, 0.1) is 0 Å². The highest BCUT2D eigenvalue weighted by Crippen LogP contribution is 2.31. The summed E-state index contributed by atoms with van der Waals surface area (Å²) in [6.45, 7) is 5.69. The van der Waals surface area contributed by atoms with Crippen LogP contribution >= 0.6 is 11.3 Å². The first kappa shape index (κ1) is 10.2. The van der Waals surface area contributed by atoms with Crippen LogP contribution in [-0.4, -0.2) is 6.54 Å². The summed E-state index contributed by atoms with van der Waals surface area (Å²) in [4.78, 5) is 1.43. The van der Waals surface area contributed by atoms with Gasteiger partial charge in [-0.25, -0.2) is 0 Å². The molecule has 1 aliphatic heterocycles. The normalized spacial score (nSPS) is 27.9. The molecule has 1 aromatic heterocycles. The SMILES string of the molecule is CCC1CCNC(c2csc(C)c2)C1. The van der Waals surface area contributed by atoms with E-state index in [0.717, 1.165) is 5.92 Å². The average molecular weight is 209 g/mol. The number of rotatable bonds is 2. The molecule has 1 saturated heterocycles. The van der Waals surface area contributed by atoms with Crippen molar-refractivity contribution in [2.75, 3.05) is 6.54 Å². The van der Waals surface area contributed by atoms with Crippen molar-refractivity contribution in [2.45, 2.75) is 39.2 Å². The Morgan fingerprint density at radius 3 is 3.07 bits per heavy atom. The van der Waals surface area contributed by atoms with Crippen LogP contribution in [0.3, 0.4) is 0 Å². The summed E-state index contributed by atoms with van der Waals surface area (Å²) in [5.41, 5.74) is 1.51. The lowest BCUT2D eigenvalue weighted by atomic mass is 9.88. The highest BCUT2D eigenvalue weighted by Gasteiger charge is 2.21. The predicted octanol–water partition coefficient (Wildman–Crippen LogP) is 3.51. The largest absolute Gasteiger partial charge is 0.310 e. The lowest BCUT2D eigenvalue weighted by Crippen LogP contribution is -2.31. The van der Waals surface area contributed by atoms with Crippen molar-refractivity contribution >= 4 is 11.3 Å². The van der Waals surface area contributed by atoms with Gasteiger partial charge in [0.25, 0.3) is 0 Å². The van der Waals surface area contributed by atoms with Gasteiger partial charge >= 0.3 is 0 Å². The molecule has 0 radical (unpaired) electrons. The topological polar surface area (TPSA) is 12.0 Å². The van der Waals surface area contributed by atoms with E-state index in [1.54, 1.807) is 0 Å². The molecular weight excluding hydrogens is 190 g/mol. The third-order valence-electron chi connectivity index (χ3n) is 3.24. The molecule has 1 nitrogen and oxygen atoms in total. The first-order valence-corrected chi connectivity index (χ1v) is 6.46. The van der Waals surface area contributed by atoms with Crippen LogP contribution in [0.5, 0.6) is 0 Å². The molecule has 2 unspecified atom stereocenters. The van der Waals surface area contributed by atoms with Gasteiger partial charge < -0.3 is 5.32 Å². The monoisotopic (exact) mass is 209 g/mol.